The van der Waals surface area contributed by atoms with E-state index in [0.717, 1.165) is 24.4 Å². The van der Waals surface area contributed by atoms with Gasteiger partial charge in [0.1, 0.15) is 4.21 Å². The molecular formula is C17H27ClN3O3S2+. The van der Waals surface area contributed by atoms with E-state index in [2.05, 4.69) is 13.8 Å². The first kappa shape index (κ1) is 20.1. The summed E-state index contributed by atoms with van der Waals surface area (Å²) in [7, 11) is -3.51. The molecule has 2 atom stereocenters. The molecule has 1 N–H and O–H groups in total. The molecule has 9 heteroatoms. The van der Waals surface area contributed by atoms with Crippen LogP contribution in [0.4, 0.5) is 0 Å². The molecule has 0 aliphatic carbocycles. The van der Waals surface area contributed by atoms with Crippen molar-refractivity contribution in [2.24, 2.45) is 11.8 Å². The highest BCUT2D eigenvalue weighted by molar-refractivity contribution is 7.91. The van der Waals surface area contributed by atoms with Crippen LogP contribution in [-0.4, -0.2) is 69.3 Å². The van der Waals surface area contributed by atoms with Gasteiger partial charge in [-0.1, -0.05) is 25.4 Å². The Morgan fingerprint density at radius 1 is 1.19 bits per heavy atom. The summed E-state index contributed by atoms with van der Waals surface area (Å²) in [5, 5.41) is 0. The second-order valence-electron chi connectivity index (χ2n) is 7.62. The number of nitrogens with one attached hydrogen (secondary N) is 1. The summed E-state index contributed by atoms with van der Waals surface area (Å²) in [5.41, 5.74) is 0. The van der Waals surface area contributed by atoms with Crippen LogP contribution in [0.25, 0.3) is 0 Å². The van der Waals surface area contributed by atoms with Crippen LogP contribution in [0.15, 0.2) is 16.3 Å². The zero-order valence-corrected chi connectivity index (χ0v) is 17.7. The smallest absolute Gasteiger partial charge is 0.277 e. The van der Waals surface area contributed by atoms with E-state index >= 15 is 0 Å². The van der Waals surface area contributed by atoms with Crippen LogP contribution in [0.3, 0.4) is 0 Å². The first-order chi connectivity index (χ1) is 12.3. The number of piperazine rings is 1. The lowest BCUT2D eigenvalue weighted by atomic mass is 9.92. The Balaban J connectivity index is 1.54. The Bertz CT molecular complexity index is 734. The molecule has 1 amide bonds. The molecule has 26 heavy (non-hydrogen) atoms. The maximum absolute atomic E-state index is 12.6. The summed E-state index contributed by atoms with van der Waals surface area (Å²) < 4.78 is 27.5. The van der Waals surface area contributed by atoms with Gasteiger partial charge in [-0.15, -0.1) is 11.3 Å². The lowest BCUT2D eigenvalue weighted by molar-refractivity contribution is -0.904. The lowest BCUT2D eigenvalue weighted by Crippen LogP contribution is -3.15. The Morgan fingerprint density at radius 2 is 1.81 bits per heavy atom. The fourth-order valence-electron chi connectivity index (χ4n) is 4.13. The van der Waals surface area contributed by atoms with E-state index in [1.54, 1.807) is 12.1 Å². The highest BCUT2D eigenvalue weighted by Crippen LogP contribution is 2.28. The maximum Gasteiger partial charge on any atom is 0.277 e. The number of hydrogen-bond acceptors (Lipinski definition) is 4. The molecule has 6 nitrogen and oxygen atoms in total. The van der Waals surface area contributed by atoms with E-state index in [1.807, 2.05) is 4.90 Å². The number of amides is 1. The van der Waals surface area contributed by atoms with E-state index in [1.165, 1.54) is 15.6 Å². The molecule has 0 bridgehead atoms. The maximum atomic E-state index is 12.6. The number of thiophene rings is 1. The van der Waals surface area contributed by atoms with Crippen LogP contribution in [0.2, 0.25) is 4.34 Å². The SMILES string of the molecule is C[C@H]1C[C@H](C)C[NH+](CC(=O)N2CCN(S(=O)(=O)c3ccc(Cl)s3)CC2)C1. The molecule has 0 saturated carbocycles. The van der Waals surface area contributed by atoms with Gasteiger partial charge in [0.05, 0.1) is 17.4 Å². The minimum atomic E-state index is -3.51. The lowest BCUT2D eigenvalue weighted by Gasteiger charge is -2.36. The number of rotatable bonds is 4. The third kappa shape index (κ3) is 4.59. The van der Waals surface area contributed by atoms with Crippen LogP contribution >= 0.6 is 22.9 Å². The third-order valence-corrected chi connectivity index (χ3v) is 8.81. The fourth-order valence-corrected chi connectivity index (χ4v) is 7.19. The number of quaternary nitrogens is 1. The highest BCUT2D eigenvalue weighted by atomic mass is 35.5. The summed E-state index contributed by atoms with van der Waals surface area (Å²) in [6.45, 7) is 8.69. The van der Waals surface area contributed by atoms with E-state index in [9.17, 15) is 13.2 Å². The van der Waals surface area contributed by atoms with Crippen molar-refractivity contribution in [3.05, 3.63) is 16.5 Å². The molecule has 2 aliphatic heterocycles. The second kappa shape index (κ2) is 8.14. The normalized spacial score (nSPS) is 28.3. The average Bonchev–Trinajstić information content (AvgIpc) is 3.01. The largest absolute Gasteiger partial charge is 0.335 e. The van der Waals surface area contributed by atoms with Crippen molar-refractivity contribution in [3.8, 4) is 0 Å². The monoisotopic (exact) mass is 420 g/mol. The van der Waals surface area contributed by atoms with Gasteiger partial charge in [-0.25, -0.2) is 8.42 Å². The van der Waals surface area contributed by atoms with Crippen molar-refractivity contribution in [1.29, 1.82) is 0 Å². The first-order valence-electron chi connectivity index (χ1n) is 9.12. The average molecular weight is 421 g/mol. The minimum Gasteiger partial charge on any atom is -0.335 e. The summed E-state index contributed by atoms with van der Waals surface area (Å²) in [6, 6.07) is 3.14. The number of hydrogen-bond donors (Lipinski definition) is 1. The molecule has 2 saturated heterocycles. The van der Waals surface area contributed by atoms with Crippen molar-refractivity contribution < 1.29 is 18.1 Å². The standard InChI is InChI=1S/C17H26ClN3O3S2/c1-13-9-14(2)11-19(10-13)12-16(22)20-5-7-21(8-6-20)26(23,24)17-4-3-15(18)25-17/h3-4,13-14H,5-12H2,1-2H3/p+1/t13-,14-/m0/s1. The molecule has 146 valence electrons. The van der Waals surface area contributed by atoms with E-state index in [0.29, 0.717) is 48.9 Å². The molecule has 2 aliphatic rings. The van der Waals surface area contributed by atoms with Crippen LogP contribution in [0.5, 0.6) is 0 Å². The van der Waals surface area contributed by atoms with Crippen molar-refractivity contribution in [3.63, 3.8) is 0 Å². The van der Waals surface area contributed by atoms with Gasteiger partial charge in [-0.3, -0.25) is 4.79 Å². The third-order valence-electron chi connectivity index (χ3n) is 5.21. The van der Waals surface area contributed by atoms with Crippen molar-refractivity contribution in [2.75, 3.05) is 45.8 Å². The van der Waals surface area contributed by atoms with Crippen LogP contribution in [0, 0.1) is 11.8 Å². The van der Waals surface area contributed by atoms with Crippen molar-refractivity contribution >= 4 is 38.9 Å². The van der Waals surface area contributed by atoms with Crippen LogP contribution < -0.4 is 4.90 Å². The molecule has 0 aromatic carbocycles. The number of piperidine rings is 1. The molecule has 2 fully saturated rings. The predicted molar refractivity (Wildman–Crippen MR) is 103 cm³/mol. The first-order valence-corrected chi connectivity index (χ1v) is 11.8. The van der Waals surface area contributed by atoms with Gasteiger partial charge in [-0.05, 0) is 18.6 Å². The van der Waals surface area contributed by atoms with E-state index in [-0.39, 0.29) is 10.1 Å². The van der Waals surface area contributed by atoms with Gasteiger partial charge < -0.3 is 9.80 Å². The van der Waals surface area contributed by atoms with Gasteiger partial charge in [0.25, 0.3) is 15.9 Å². The van der Waals surface area contributed by atoms with Crippen LogP contribution in [0.1, 0.15) is 20.3 Å². The number of carbonyl (C=O) groups excluding carboxylic acids is 1. The minimum absolute atomic E-state index is 0.137. The molecule has 0 spiro atoms. The Hall–Kier alpha value is -0.670. The van der Waals surface area contributed by atoms with Crippen molar-refractivity contribution in [1.82, 2.24) is 9.21 Å². The summed E-state index contributed by atoms with van der Waals surface area (Å²) >= 11 is 6.93. The number of carbonyl (C=O) groups is 1. The number of likely N-dealkylation sites (tertiary alicyclic amines) is 1. The number of halogens is 1. The molecular weight excluding hydrogens is 394 g/mol. The molecule has 1 aromatic heterocycles. The van der Waals surface area contributed by atoms with Gasteiger partial charge in [-0.2, -0.15) is 4.31 Å². The highest BCUT2D eigenvalue weighted by Gasteiger charge is 2.33. The Morgan fingerprint density at radius 3 is 2.35 bits per heavy atom. The van der Waals surface area contributed by atoms with E-state index in [4.69, 9.17) is 11.6 Å². The van der Waals surface area contributed by atoms with Gasteiger partial charge in [0.2, 0.25) is 0 Å². The summed E-state index contributed by atoms with van der Waals surface area (Å²) in [6.07, 6.45) is 1.24. The Labute approximate surface area is 164 Å². The number of nitrogens with zero attached hydrogens (tertiary/aromatic N) is 2. The predicted octanol–water partition coefficient (Wildman–Crippen LogP) is 0.795. The topological polar surface area (TPSA) is 62.1 Å². The summed E-state index contributed by atoms with van der Waals surface area (Å²) in [4.78, 5) is 15.8. The zero-order chi connectivity index (χ0) is 18.9. The van der Waals surface area contributed by atoms with Crippen LogP contribution in [-0.2, 0) is 14.8 Å². The summed E-state index contributed by atoms with van der Waals surface area (Å²) in [5.74, 6) is 1.44. The Kier molecular flexibility index (Phi) is 6.29. The quantitative estimate of drug-likeness (QED) is 0.783. The molecule has 3 rings (SSSR count). The number of sulfonamides is 1. The molecule has 0 unspecified atom stereocenters. The van der Waals surface area contributed by atoms with Crippen molar-refractivity contribution in [2.45, 2.75) is 24.5 Å². The van der Waals surface area contributed by atoms with Gasteiger partial charge >= 0.3 is 0 Å². The molecule has 0 radical (unpaired) electrons. The van der Waals surface area contributed by atoms with E-state index < -0.39 is 10.0 Å². The molecule has 1 aromatic rings. The van der Waals surface area contributed by atoms with Gasteiger partial charge in [0, 0.05) is 38.0 Å². The van der Waals surface area contributed by atoms with Gasteiger partial charge in [0.15, 0.2) is 6.54 Å². The molecule has 3 heterocycles. The second-order valence-corrected chi connectivity index (χ2v) is 11.5. The zero-order valence-electron chi connectivity index (χ0n) is 15.3. The fraction of sp³-hybridized carbons (Fsp3) is 0.706.